The minimum absolute atomic E-state index is 0.204. The zero-order valence-corrected chi connectivity index (χ0v) is 18.7. The molecule has 1 atom stereocenters. The SMILES string of the molecule is [2H][C@](Nc1ccc2ncnc(Nc3cnc(F)c(F)c3)c2c1)(c1ccc(F)cc1)c1cn(C2CC2)nn1. The molecule has 0 saturated heterocycles. The summed E-state index contributed by atoms with van der Waals surface area (Å²) in [6.07, 6.45) is 6.24. The van der Waals surface area contributed by atoms with E-state index in [0.717, 1.165) is 25.1 Å². The molecule has 0 bridgehead atoms. The molecule has 1 fully saturated rings. The lowest BCUT2D eigenvalue weighted by atomic mass is 10.0. The molecule has 8 nitrogen and oxygen atoms in total. The van der Waals surface area contributed by atoms with Crippen LogP contribution in [0.2, 0.25) is 0 Å². The summed E-state index contributed by atoms with van der Waals surface area (Å²) in [6.45, 7) is 0. The summed E-state index contributed by atoms with van der Waals surface area (Å²) in [5.74, 6) is -2.38. The molecule has 3 heterocycles. The molecular weight excluding hydrogens is 469 g/mol. The Hall–Kier alpha value is -4.54. The fourth-order valence-electron chi connectivity index (χ4n) is 3.81. The second kappa shape index (κ2) is 8.91. The molecule has 1 aliphatic rings. The number of hydrogen-bond donors (Lipinski definition) is 2. The minimum Gasteiger partial charge on any atom is -0.373 e. The average Bonchev–Trinajstić information content (AvgIpc) is 3.62. The third-order valence-corrected chi connectivity index (χ3v) is 5.78. The smallest absolute Gasteiger partial charge is 0.249 e. The Labute approximate surface area is 204 Å². The molecule has 1 saturated carbocycles. The maximum absolute atomic E-state index is 13.7. The molecule has 11 heteroatoms. The van der Waals surface area contributed by atoms with Crippen LogP contribution in [0, 0.1) is 17.6 Å². The van der Waals surface area contributed by atoms with E-state index in [1.54, 1.807) is 29.1 Å². The highest BCUT2D eigenvalue weighted by molar-refractivity contribution is 5.93. The van der Waals surface area contributed by atoms with Crippen LogP contribution in [0.3, 0.4) is 0 Å². The largest absolute Gasteiger partial charge is 0.373 e. The van der Waals surface area contributed by atoms with Crippen molar-refractivity contribution < 1.29 is 14.5 Å². The van der Waals surface area contributed by atoms with Gasteiger partial charge in [0.2, 0.25) is 5.95 Å². The van der Waals surface area contributed by atoms with Crippen molar-refractivity contribution in [3.63, 3.8) is 0 Å². The normalized spacial score (nSPS) is 15.4. The quantitative estimate of drug-likeness (QED) is 0.299. The van der Waals surface area contributed by atoms with Crippen molar-refractivity contribution in [3.05, 3.63) is 96.1 Å². The van der Waals surface area contributed by atoms with Gasteiger partial charge in [-0.2, -0.15) is 4.39 Å². The van der Waals surface area contributed by atoms with Gasteiger partial charge in [0.1, 0.15) is 23.7 Å². The van der Waals surface area contributed by atoms with E-state index < -0.39 is 23.6 Å². The lowest BCUT2D eigenvalue weighted by Crippen LogP contribution is -2.13. The van der Waals surface area contributed by atoms with Crippen LogP contribution in [0.25, 0.3) is 10.9 Å². The summed E-state index contributed by atoms with van der Waals surface area (Å²) in [5.41, 5.74) is 2.12. The topological polar surface area (TPSA) is 93.4 Å². The lowest BCUT2D eigenvalue weighted by molar-refractivity contribution is 0.480. The standard InChI is InChI=1S/C25H19F3N8/c26-15-3-1-14(2-4-15)23(22-12-36(35-34-22)18-6-7-18)32-16-5-8-21-19(9-16)25(31-13-30-21)33-17-10-20(27)24(28)29-11-17/h1-5,8-13,18,23,32H,6-7H2,(H,30,31,33)/t23-/m0/s1/i23D. The number of anilines is 3. The van der Waals surface area contributed by atoms with Gasteiger partial charge in [-0.1, -0.05) is 17.3 Å². The first-order chi connectivity index (χ1) is 17.9. The second-order valence-electron chi connectivity index (χ2n) is 8.40. The van der Waals surface area contributed by atoms with Gasteiger partial charge in [0.15, 0.2) is 5.82 Å². The Kier molecular flexibility index (Phi) is 5.15. The first kappa shape index (κ1) is 20.8. The van der Waals surface area contributed by atoms with Gasteiger partial charge in [-0.05, 0) is 48.7 Å². The second-order valence-corrected chi connectivity index (χ2v) is 8.40. The summed E-state index contributed by atoms with van der Waals surface area (Å²) in [6, 6.07) is 10.5. The van der Waals surface area contributed by atoms with Crippen molar-refractivity contribution in [3.8, 4) is 0 Å². The molecule has 0 spiro atoms. The maximum Gasteiger partial charge on any atom is 0.249 e. The number of aromatic nitrogens is 6. The first-order valence-corrected chi connectivity index (χ1v) is 11.2. The highest BCUT2D eigenvalue weighted by Gasteiger charge is 2.27. The zero-order valence-electron chi connectivity index (χ0n) is 19.7. The van der Waals surface area contributed by atoms with Gasteiger partial charge in [-0.3, -0.25) is 0 Å². The predicted molar refractivity (Wildman–Crippen MR) is 127 cm³/mol. The van der Waals surface area contributed by atoms with Crippen LogP contribution in [0.4, 0.5) is 30.4 Å². The summed E-state index contributed by atoms with van der Waals surface area (Å²) in [5, 5.41) is 15.1. The highest BCUT2D eigenvalue weighted by Crippen LogP contribution is 2.35. The van der Waals surface area contributed by atoms with Gasteiger partial charge in [0.05, 0.1) is 37.0 Å². The van der Waals surface area contributed by atoms with Crippen LogP contribution in [-0.2, 0) is 0 Å². The summed E-state index contributed by atoms with van der Waals surface area (Å²) in [4.78, 5) is 11.9. The number of benzene rings is 2. The Morgan fingerprint density at radius 3 is 2.58 bits per heavy atom. The fraction of sp³-hybridized carbons (Fsp3) is 0.160. The molecule has 2 aromatic carbocycles. The van der Waals surface area contributed by atoms with E-state index in [-0.39, 0.29) is 11.7 Å². The van der Waals surface area contributed by atoms with Crippen LogP contribution in [0.15, 0.2) is 67.3 Å². The third kappa shape index (κ3) is 4.42. The summed E-state index contributed by atoms with van der Waals surface area (Å²) < 4.78 is 51.7. The van der Waals surface area contributed by atoms with Crippen LogP contribution in [-0.4, -0.2) is 29.9 Å². The average molecular weight is 489 g/mol. The Morgan fingerprint density at radius 2 is 1.81 bits per heavy atom. The van der Waals surface area contributed by atoms with Crippen LogP contribution in [0.5, 0.6) is 0 Å². The Bertz CT molecular complexity index is 1610. The summed E-state index contributed by atoms with van der Waals surface area (Å²) >= 11 is 0. The lowest BCUT2D eigenvalue weighted by Gasteiger charge is -2.19. The number of rotatable bonds is 7. The van der Waals surface area contributed by atoms with Crippen molar-refractivity contribution in [2.24, 2.45) is 0 Å². The number of hydrogen-bond acceptors (Lipinski definition) is 7. The molecule has 0 radical (unpaired) electrons. The minimum atomic E-state index is -1.60. The van der Waals surface area contributed by atoms with Gasteiger partial charge < -0.3 is 10.6 Å². The van der Waals surface area contributed by atoms with E-state index in [9.17, 15) is 14.5 Å². The molecule has 2 N–H and O–H groups in total. The van der Waals surface area contributed by atoms with E-state index in [4.69, 9.17) is 0 Å². The van der Waals surface area contributed by atoms with Crippen molar-refractivity contribution >= 4 is 28.1 Å². The van der Waals surface area contributed by atoms with Gasteiger partial charge in [-0.25, -0.2) is 28.4 Å². The van der Waals surface area contributed by atoms with E-state index in [1.807, 2.05) is 0 Å². The van der Waals surface area contributed by atoms with Gasteiger partial charge in [-0.15, -0.1) is 5.10 Å². The molecule has 5 aromatic rings. The molecule has 1 aliphatic carbocycles. The Balaban J connectivity index is 1.39. The number of halogens is 3. The number of nitrogens with one attached hydrogen (secondary N) is 2. The molecule has 3 aromatic heterocycles. The number of nitrogens with zero attached hydrogens (tertiary/aromatic N) is 6. The summed E-state index contributed by atoms with van der Waals surface area (Å²) in [7, 11) is 0. The van der Waals surface area contributed by atoms with Gasteiger partial charge in [0.25, 0.3) is 0 Å². The monoisotopic (exact) mass is 489 g/mol. The fourth-order valence-corrected chi connectivity index (χ4v) is 3.81. The van der Waals surface area contributed by atoms with Crippen LogP contribution >= 0.6 is 0 Å². The van der Waals surface area contributed by atoms with Gasteiger partial charge >= 0.3 is 0 Å². The van der Waals surface area contributed by atoms with E-state index in [2.05, 4.69) is 35.9 Å². The first-order valence-electron chi connectivity index (χ1n) is 11.7. The van der Waals surface area contributed by atoms with Crippen LogP contribution in [0.1, 0.15) is 37.5 Å². The molecule has 6 rings (SSSR count). The predicted octanol–water partition coefficient (Wildman–Crippen LogP) is 5.31. The van der Waals surface area contributed by atoms with E-state index >= 15 is 0 Å². The van der Waals surface area contributed by atoms with Crippen molar-refractivity contribution in [2.45, 2.75) is 24.9 Å². The molecule has 0 aliphatic heterocycles. The number of fused-ring (bicyclic) bond motifs is 1. The highest BCUT2D eigenvalue weighted by atomic mass is 19.2. The van der Waals surface area contributed by atoms with E-state index in [1.165, 1.54) is 30.6 Å². The molecular formula is C25H19F3N8. The Morgan fingerprint density at radius 1 is 0.972 bits per heavy atom. The van der Waals surface area contributed by atoms with Crippen molar-refractivity contribution in [1.29, 1.82) is 0 Å². The number of pyridine rings is 1. The van der Waals surface area contributed by atoms with Crippen LogP contribution < -0.4 is 10.6 Å². The van der Waals surface area contributed by atoms with Crippen molar-refractivity contribution in [1.82, 2.24) is 29.9 Å². The molecule has 0 amide bonds. The molecule has 36 heavy (non-hydrogen) atoms. The van der Waals surface area contributed by atoms with E-state index in [0.29, 0.717) is 33.7 Å². The zero-order chi connectivity index (χ0) is 25.6. The molecule has 180 valence electrons. The van der Waals surface area contributed by atoms with Gasteiger partial charge in [0, 0.05) is 17.1 Å². The molecule has 0 unspecified atom stereocenters. The maximum atomic E-state index is 13.7. The van der Waals surface area contributed by atoms with Crippen molar-refractivity contribution in [2.75, 3.05) is 10.6 Å². The third-order valence-electron chi connectivity index (χ3n) is 5.78.